The molecule has 0 saturated heterocycles. The number of esters is 1. The summed E-state index contributed by atoms with van der Waals surface area (Å²) in [6, 6.07) is 12.7. The van der Waals surface area contributed by atoms with Crippen molar-refractivity contribution in [3.8, 4) is 17.2 Å². The predicted octanol–water partition coefficient (Wildman–Crippen LogP) is 4.63. The fourth-order valence-electron chi connectivity index (χ4n) is 3.16. The minimum Gasteiger partial charge on any atom is -0.496 e. The van der Waals surface area contributed by atoms with E-state index in [1.165, 1.54) is 7.11 Å². The predicted molar refractivity (Wildman–Crippen MR) is 112 cm³/mol. The van der Waals surface area contributed by atoms with Crippen LogP contribution >= 0.6 is 0 Å². The smallest absolute Gasteiger partial charge is 0.335 e. The lowest BCUT2D eigenvalue weighted by molar-refractivity contribution is -0.129. The van der Waals surface area contributed by atoms with Crippen LogP contribution in [-0.4, -0.2) is 26.0 Å². The van der Waals surface area contributed by atoms with E-state index in [1.807, 2.05) is 36.4 Å². The Morgan fingerprint density at radius 3 is 2.31 bits per heavy atom. The zero-order valence-electron chi connectivity index (χ0n) is 16.4. The number of hydrogen-bond acceptors (Lipinski definition) is 5. The highest BCUT2D eigenvalue weighted by Gasteiger charge is 2.23. The number of rotatable bonds is 6. The second kappa shape index (κ2) is 9.06. The number of carbonyl (C=O) groups excluding carboxylic acids is 2. The zero-order valence-corrected chi connectivity index (χ0v) is 16.4. The summed E-state index contributed by atoms with van der Waals surface area (Å²) in [4.78, 5) is 24.3. The van der Waals surface area contributed by atoms with Crippen molar-refractivity contribution in [3.63, 3.8) is 0 Å². The normalized spacial score (nSPS) is 16.1. The van der Waals surface area contributed by atoms with Gasteiger partial charge in [-0.05, 0) is 48.8 Å². The summed E-state index contributed by atoms with van der Waals surface area (Å²) in [5.41, 5.74) is 3.16. The zero-order chi connectivity index (χ0) is 20.8. The van der Waals surface area contributed by atoms with Gasteiger partial charge in [-0.1, -0.05) is 30.8 Å². The van der Waals surface area contributed by atoms with Crippen LogP contribution in [-0.2, 0) is 9.59 Å². The Kier molecular flexibility index (Phi) is 6.29. The van der Waals surface area contributed by atoms with E-state index in [9.17, 15) is 9.59 Å². The molecule has 2 aromatic carbocycles. The molecule has 5 heteroatoms. The van der Waals surface area contributed by atoms with Gasteiger partial charge in [0.25, 0.3) is 0 Å². The number of ketones is 1. The van der Waals surface area contributed by atoms with Crippen molar-refractivity contribution in [2.75, 3.05) is 14.2 Å². The molecule has 1 fully saturated rings. The van der Waals surface area contributed by atoms with Crippen molar-refractivity contribution >= 4 is 23.9 Å². The molecule has 0 radical (unpaired) electrons. The Labute approximate surface area is 169 Å². The third kappa shape index (κ3) is 4.63. The lowest BCUT2D eigenvalue weighted by Gasteiger charge is -2.09. The van der Waals surface area contributed by atoms with E-state index >= 15 is 0 Å². The molecule has 0 atom stereocenters. The van der Waals surface area contributed by atoms with Crippen LogP contribution < -0.4 is 14.2 Å². The molecule has 29 heavy (non-hydrogen) atoms. The Hall–Kier alpha value is -3.60. The molecule has 0 heterocycles. The highest BCUT2D eigenvalue weighted by Crippen LogP contribution is 2.33. The summed E-state index contributed by atoms with van der Waals surface area (Å²) in [5, 5.41) is 0. The van der Waals surface area contributed by atoms with Gasteiger partial charge in [0.2, 0.25) is 0 Å². The Morgan fingerprint density at radius 1 is 0.931 bits per heavy atom. The molecular formula is C24H22O5. The van der Waals surface area contributed by atoms with Crippen LogP contribution in [0.25, 0.3) is 12.2 Å². The lowest BCUT2D eigenvalue weighted by Crippen LogP contribution is -2.04. The van der Waals surface area contributed by atoms with Gasteiger partial charge in [-0.15, -0.1) is 0 Å². The van der Waals surface area contributed by atoms with Crippen LogP contribution in [0.2, 0.25) is 0 Å². The summed E-state index contributed by atoms with van der Waals surface area (Å²) in [7, 11) is 3.11. The van der Waals surface area contributed by atoms with Gasteiger partial charge in [0.15, 0.2) is 17.3 Å². The summed E-state index contributed by atoms with van der Waals surface area (Å²) >= 11 is 0. The molecule has 1 aliphatic carbocycles. The standard InChI is InChI=1S/C24H22O5/c1-4-23(25)29-21-12-9-16(14-22(21)28-3)13-18-10-11-19(24(18)26)15-17-7-5-6-8-20(17)27-2/h4-9,12-15H,1,10-11H2,2-3H3/b18-13+,19-15+. The second-order valence-corrected chi connectivity index (χ2v) is 6.45. The molecule has 0 bridgehead atoms. The number of para-hydroxylation sites is 1. The van der Waals surface area contributed by atoms with E-state index in [4.69, 9.17) is 14.2 Å². The maximum atomic E-state index is 12.8. The first kappa shape index (κ1) is 20.1. The third-order valence-electron chi connectivity index (χ3n) is 4.62. The molecule has 1 aliphatic rings. The quantitative estimate of drug-likeness (QED) is 0.409. The molecule has 0 aromatic heterocycles. The molecule has 0 spiro atoms. The van der Waals surface area contributed by atoms with Crippen molar-refractivity contribution in [2.45, 2.75) is 12.8 Å². The molecular weight excluding hydrogens is 368 g/mol. The second-order valence-electron chi connectivity index (χ2n) is 6.45. The number of ether oxygens (including phenoxy) is 3. The highest BCUT2D eigenvalue weighted by molar-refractivity contribution is 6.15. The summed E-state index contributed by atoms with van der Waals surface area (Å²) < 4.78 is 15.8. The van der Waals surface area contributed by atoms with E-state index < -0.39 is 5.97 Å². The SMILES string of the molecule is C=CC(=O)Oc1ccc(/C=C2\CC/C(=C\c3ccccc3OC)C2=O)cc1OC. The van der Waals surface area contributed by atoms with Gasteiger partial charge in [-0.25, -0.2) is 4.79 Å². The fourth-order valence-corrected chi connectivity index (χ4v) is 3.16. The van der Waals surface area contributed by atoms with Crippen molar-refractivity contribution in [1.29, 1.82) is 0 Å². The first-order valence-electron chi connectivity index (χ1n) is 9.17. The molecule has 0 aliphatic heterocycles. The molecule has 0 N–H and O–H groups in total. The van der Waals surface area contributed by atoms with Crippen molar-refractivity contribution < 1.29 is 23.8 Å². The van der Waals surface area contributed by atoms with Crippen LogP contribution in [0.4, 0.5) is 0 Å². The van der Waals surface area contributed by atoms with Gasteiger partial charge in [-0.3, -0.25) is 4.79 Å². The van der Waals surface area contributed by atoms with Gasteiger partial charge < -0.3 is 14.2 Å². The van der Waals surface area contributed by atoms with Crippen molar-refractivity contribution in [2.24, 2.45) is 0 Å². The minimum absolute atomic E-state index is 0.0250. The Morgan fingerprint density at radius 2 is 1.62 bits per heavy atom. The molecule has 1 saturated carbocycles. The van der Waals surface area contributed by atoms with Crippen LogP contribution in [0.15, 0.2) is 66.3 Å². The van der Waals surface area contributed by atoms with Gasteiger partial charge in [0.05, 0.1) is 14.2 Å². The molecule has 0 unspecified atom stereocenters. The van der Waals surface area contributed by atoms with Crippen LogP contribution in [0.5, 0.6) is 17.2 Å². The van der Waals surface area contributed by atoms with Crippen molar-refractivity contribution in [1.82, 2.24) is 0 Å². The maximum Gasteiger partial charge on any atom is 0.335 e. The number of carbonyl (C=O) groups is 2. The lowest BCUT2D eigenvalue weighted by atomic mass is 10.1. The third-order valence-corrected chi connectivity index (χ3v) is 4.62. The maximum absolute atomic E-state index is 12.8. The molecule has 2 aromatic rings. The first-order valence-corrected chi connectivity index (χ1v) is 9.17. The molecule has 5 nitrogen and oxygen atoms in total. The summed E-state index contributed by atoms with van der Waals surface area (Å²) in [5.74, 6) is 0.905. The van der Waals surface area contributed by atoms with Gasteiger partial charge in [0, 0.05) is 22.8 Å². The van der Waals surface area contributed by atoms with Crippen LogP contribution in [0.1, 0.15) is 24.0 Å². The van der Waals surface area contributed by atoms with E-state index in [2.05, 4.69) is 6.58 Å². The fraction of sp³-hybridized carbons (Fsp3) is 0.167. The van der Waals surface area contributed by atoms with Crippen molar-refractivity contribution in [3.05, 3.63) is 77.4 Å². The number of Topliss-reactive ketones (excluding diaryl/α,β-unsaturated/α-hetero) is 1. The average Bonchev–Trinajstić information content (AvgIpc) is 3.08. The van der Waals surface area contributed by atoms with Gasteiger partial charge in [-0.2, -0.15) is 0 Å². The van der Waals surface area contributed by atoms with E-state index in [0.29, 0.717) is 24.3 Å². The molecule has 0 amide bonds. The number of benzene rings is 2. The Balaban J connectivity index is 1.84. The molecule has 148 valence electrons. The number of allylic oxidation sites excluding steroid dienone is 2. The highest BCUT2D eigenvalue weighted by atomic mass is 16.6. The molecule has 3 rings (SSSR count). The van der Waals surface area contributed by atoms with Crippen LogP contribution in [0, 0.1) is 0 Å². The Bertz CT molecular complexity index is 1010. The number of methoxy groups -OCH3 is 2. The van der Waals surface area contributed by atoms with E-state index in [1.54, 1.807) is 25.3 Å². The largest absolute Gasteiger partial charge is 0.496 e. The summed E-state index contributed by atoms with van der Waals surface area (Å²) in [6.45, 7) is 3.38. The topological polar surface area (TPSA) is 61.8 Å². The average molecular weight is 390 g/mol. The number of hydrogen-bond donors (Lipinski definition) is 0. The van der Waals surface area contributed by atoms with Gasteiger partial charge in [0.1, 0.15) is 5.75 Å². The van der Waals surface area contributed by atoms with Crippen LogP contribution in [0.3, 0.4) is 0 Å². The van der Waals surface area contributed by atoms with Gasteiger partial charge >= 0.3 is 5.97 Å². The van der Waals surface area contributed by atoms with E-state index in [0.717, 1.165) is 34.1 Å². The first-order chi connectivity index (χ1) is 14.0. The van der Waals surface area contributed by atoms with E-state index in [-0.39, 0.29) is 5.78 Å². The minimum atomic E-state index is -0.563. The summed E-state index contributed by atoms with van der Waals surface area (Å²) in [6.07, 6.45) is 6.15. The monoisotopic (exact) mass is 390 g/mol.